The fourth-order valence-electron chi connectivity index (χ4n) is 3.42. The molecule has 1 aliphatic heterocycles. The fraction of sp³-hybridized carbons (Fsp3) is 0.294. The highest BCUT2D eigenvalue weighted by Gasteiger charge is 2.53. The van der Waals surface area contributed by atoms with Crippen LogP contribution in [0.2, 0.25) is 0 Å². The van der Waals surface area contributed by atoms with Gasteiger partial charge in [0.25, 0.3) is 0 Å². The molecule has 2 aliphatic rings. The molecule has 1 aliphatic carbocycles. The van der Waals surface area contributed by atoms with Gasteiger partial charge in [0.1, 0.15) is 6.07 Å². The Kier molecular flexibility index (Phi) is 3.82. The van der Waals surface area contributed by atoms with Crippen LogP contribution in [0.3, 0.4) is 0 Å². The van der Waals surface area contributed by atoms with Crippen LogP contribution in [0.5, 0.6) is 0 Å². The van der Waals surface area contributed by atoms with E-state index in [0.717, 1.165) is 22.6 Å². The number of thioether (sulfide) groups is 1. The highest BCUT2D eigenvalue weighted by molar-refractivity contribution is 7.99. The molecule has 2 atom stereocenters. The van der Waals surface area contributed by atoms with E-state index in [4.69, 9.17) is 5.73 Å². The number of nitrogens with zero attached hydrogens (tertiary/aromatic N) is 4. The Morgan fingerprint density at radius 2 is 2.09 bits per heavy atom. The molecule has 0 saturated heterocycles. The molecule has 0 saturated carbocycles. The lowest BCUT2D eigenvalue weighted by Gasteiger charge is -2.42. The SMILES string of the molecule is N#CC1=C(N)C(C#N)(C#N)[C@H](c2cccnc2)[C@@H]2CSCC=C12. The van der Waals surface area contributed by atoms with Crippen LogP contribution in [0.4, 0.5) is 0 Å². The molecular weight excluding hydrogens is 306 g/mol. The summed E-state index contributed by atoms with van der Waals surface area (Å²) in [6.07, 6.45) is 5.32. The number of aromatic nitrogens is 1. The summed E-state index contributed by atoms with van der Waals surface area (Å²) in [5.41, 5.74) is 6.63. The van der Waals surface area contributed by atoms with E-state index >= 15 is 0 Å². The summed E-state index contributed by atoms with van der Waals surface area (Å²) in [4.78, 5) is 4.13. The van der Waals surface area contributed by atoms with Gasteiger partial charge in [0, 0.05) is 35.7 Å². The van der Waals surface area contributed by atoms with E-state index in [0.29, 0.717) is 5.57 Å². The van der Waals surface area contributed by atoms with Crippen molar-refractivity contribution in [1.29, 1.82) is 15.8 Å². The van der Waals surface area contributed by atoms with Crippen molar-refractivity contribution in [3.8, 4) is 18.2 Å². The number of pyridine rings is 1. The van der Waals surface area contributed by atoms with Crippen molar-refractivity contribution in [1.82, 2.24) is 4.98 Å². The molecule has 3 rings (SSSR count). The van der Waals surface area contributed by atoms with Gasteiger partial charge in [0.05, 0.1) is 23.4 Å². The summed E-state index contributed by atoms with van der Waals surface area (Å²) in [6.45, 7) is 0. The lowest BCUT2D eigenvalue weighted by molar-refractivity contribution is 0.367. The number of fused-ring (bicyclic) bond motifs is 1. The summed E-state index contributed by atoms with van der Waals surface area (Å²) < 4.78 is 0. The molecular formula is C17H13N5S. The molecule has 0 fully saturated rings. The number of allylic oxidation sites excluding steroid dienone is 3. The Bertz CT molecular complexity index is 805. The average Bonchev–Trinajstić information content (AvgIpc) is 2.61. The molecule has 0 spiro atoms. The first-order valence-electron chi connectivity index (χ1n) is 7.10. The second kappa shape index (κ2) is 5.80. The van der Waals surface area contributed by atoms with Crippen LogP contribution < -0.4 is 5.73 Å². The van der Waals surface area contributed by atoms with Crippen LogP contribution in [0.15, 0.2) is 47.4 Å². The first-order chi connectivity index (χ1) is 11.2. The van der Waals surface area contributed by atoms with Crippen LogP contribution in [0.1, 0.15) is 11.5 Å². The van der Waals surface area contributed by atoms with E-state index < -0.39 is 11.3 Å². The normalized spacial score (nSPS) is 25.3. The highest BCUT2D eigenvalue weighted by Crippen LogP contribution is 2.54. The number of hydrogen-bond acceptors (Lipinski definition) is 6. The minimum absolute atomic E-state index is 0.0632. The van der Waals surface area contributed by atoms with Crippen molar-refractivity contribution < 1.29 is 0 Å². The Morgan fingerprint density at radius 3 is 2.70 bits per heavy atom. The van der Waals surface area contributed by atoms with Crippen molar-refractivity contribution in [3.05, 3.63) is 53.0 Å². The van der Waals surface area contributed by atoms with Crippen molar-refractivity contribution >= 4 is 11.8 Å². The Balaban J connectivity index is 2.33. The van der Waals surface area contributed by atoms with E-state index in [1.807, 2.05) is 12.1 Å². The van der Waals surface area contributed by atoms with Crippen LogP contribution in [-0.2, 0) is 0 Å². The molecule has 0 aromatic carbocycles. The third-order valence-corrected chi connectivity index (χ3v) is 5.47. The van der Waals surface area contributed by atoms with E-state index in [2.05, 4.69) is 23.2 Å². The van der Waals surface area contributed by atoms with Crippen molar-refractivity contribution in [2.45, 2.75) is 5.92 Å². The van der Waals surface area contributed by atoms with Gasteiger partial charge < -0.3 is 5.73 Å². The van der Waals surface area contributed by atoms with E-state index in [9.17, 15) is 15.8 Å². The topological polar surface area (TPSA) is 110 Å². The molecule has 0 bridgehead atoms. The Morgan fingerprint density at radius 1 is 1.30 bits per heavy atom. The average molecular weight is 319 g/mol. The first-order valence-corrected chi connectivity index (χ1v) is 8.26. The van der Waals surface area contributed by atoms with E-state index in [1.54, 1.807) is 30.2 Å². The van der Waals surface area contributed by atoms with Crippen LogP contribution in [0, 0.1) is 45.3 Å². The second-order valence-electron chi connectivity index (χ2n) is 5.50. The molecule has 1 aromatic heterocycles. The zero-order valence-electron chi connectivity index (χ0n) is 12.2. The fourth-order valence-corrected chi connectivity index (χ4v) is 4.48. The smallest absolute Gasteiger partial charge is 0.191 e. The summed E-state index contributed by atoms with van der Waals surface area (Å²) in [5.74, 6) is 1.02. The molecule has 6 heteroatoms. The highest BCUT2D eigenvalue weighted by atomic mass is 32.2. The van der Waals surface area contributed by atoms with Crippen molar-refractivity contribution in [3.63, 3.8) is 0 Å². The van der Waals surface area contributed by atoms with Crippen LogP contribution in [-0.4, -0.2) is 16.5 Å². The molecule has 0 radical (unpaired) electrons. The lowest BCUT2D eigenvalue weighted by atomic mass is 9.59. The zero-order chi connectivity index (χ0) is 16.4. The van der Waals surface area contributed by atoms with Gasteiger partial charge in [-0.05, 0) is 17.2 Å². The van der Waals surface area contributed by atoms with Gasteiger partial charge >= 0.3 is 0 Å². The van der Waals surface area contributed by atoms with Gasteiger partial charge in [0.2, 0.25) is 0 Å². The van der Waals surface area contributed by atoms with Gasteiger partial charge in [-0.2, -0.15) is 27.5 Å². The zero-order valence-corrected chi connectivity index (χ0v) is 13.0. The standard InChI is InChI=1S/C17H13N5S/c18-6-13-12-3-5-23-8-14(12)15(11-2-1-4-22-7-11)17(9-19,10-20)16(13)21/h1-4,7,14-15H,5,8,21H2/t14-,15-/m1/s1. The van der Waals surface area contributed by atoms with E-state index in [-0.39, 0.29) is 11.6 Å². The monoisotopic (exact) mass is 319 g/mol. The van der Waals surface area contributed by atoms with Gasteiger partial charge in [0.15, 0.2) is 5.41 Å². The molecule has 2 N–H and O–H groups in total. The number of rotatable bonds is 1. The second-order valence-corrected chi connectivity index (χ2v) is 6.57. The van der Waals surface area contributed by atoms with Crippen molar-refractivity contribution in [2.75, 3.05) is 11.5 Å². The largest absolute Gasteiger partial charge is 0.399 e. The maximum absolute atomic E-state index is 9.80. The summed E-state index contributed by atoms with van der Waals surface area (Å²) in [6, 6.07) is 9.96. The third kappa shape index (κ3) is 2.10. The summed E-state index contributed by atoms with van der Waals surface area (Å²) in [5, 5.41) is 29.1. The van der Waals surface area contributed by atoms with Gasteiger partial charge in [-0.15, -0.1) is 0 Å². The third-order valence-electron chi connectivity index (χ3n) is 4.48. The van der Waals surface area contributed by atoms with Crippen molar-refractivity contribution in [2.24, 2.45) is 17.1 Å². The summed E-state index contributed by atoms with van der Waals surface area (Å²) >= 11 is 1.73. The van der Waals surface area contributed by atoms with Gasteiger partial charge in [-0.3, -0.25) is 4.98 Å². The maximum atomic E-state index is 9.80. The quantitative estimate of drug-likeness (QED) is 0.850. The summed E-state index contributed by atoms with van der Waals surface area (Å²) in [7, 11) is 0. The van der Waals surface area contributed by atoms with Crippen LogP contribution in [0.25, 0.3) is 0 Å². The molecule has 2 heterocycles. The maximum Gasteiger partial charge on any atom is 0.191 e. The first kappa shape index (κ1) is 15.2. The lowest BCUT2D eigenvalue weighted by Crippen LogP contribution is -2.43. The molecule has 5 nitrogen and oxygen atoms in total. The molecule has 0 amide bonds. The molecule has 0 unspecified atom stereocenters. The Hall–Kier alpha value is -2.75. The number of nitrogens with two attached hydrogens (primary N) is 1. The number of nitriles is 3. The van der Waals surface area contributed by atoms with E-state index in [1.165, 1.54) is 0 Å². The predicted molar refractivity (Wildman–Crippen MR) is 86.4 cm³/mol. The minimum Gasteiger partial charge on any atom is -0.399 e. The Labute approximate surface area is 138 Å². The van der Waals surface area contributed by atoms with Gasteiger partial charge in [-0.1, -0.05) is 12.1 Å². The molecule has 112 valence electrons. The molecule has 23 heavy (non-hydrogen) atoms. The predicted octanol–water partition coefficient (Wildman–Crippen LogP) is 2.24. The minimum atomic E-state index is -1.55. The molecule has 1 aromatic rings. The number of hydrogen-bond donors (Lipinski definition) is 1. The van der Waals surface area contributed by atoms with Crippen LogP contribution >= 0.6 is 11.8 Å². The van der Waals surface area contributed by atoms with Gasteiger partial charge in [-0.25, -0.2) is 0 Å².